The van der Waals surface area contributed by atoms with Gasteiger partial charge in [-0.3, -0.25) is 0 Å². The third kappa shape index (κ3) is 2.59. The largest absolute Gasteiger partial charge is 0.506 e. The first-order valence-electron chi connectivity index (χ1n) is 5.92. The lowest BCUT2D eigenvalue weighted by molar-refractivity contribution is 0.432. The standard InChI is InChI=1S/C14H9BrFN3O2/c15-10-3-2-8(16)6-9(10)13-18-14(21-19-13)7-1-4-12(20)11(17)5-7/h1-6,20H,17H2. The number of hydrogen-bond donors (Lipinski definition) is 2. The van der Waals surface area contributed by atoms with Gasteiger partial charge in [-0.1, -0.05) is 21.1 Å². The molecule has 7 heteroatoms. The Bertz CT molecular complexity index is 820. The van der Waals surface area contributed by atoms with Crippen molar-refractivity contribution >= 4 is 21.6 Å². The fraction of sp³-hybridized carbons (Fsp3) is 0. The normalized spacial score (nSPS) is 10.8. The molecule has 3 rings (SSSR count). The number of phenols is 1. The van der Waals surface area contributed by atoms with Crippen LogP contribution >= 0.6 is 15.9 Å². The van der Waals surface area contributed by atoms with E-state index in [1.54, 1.807) is 12.1 Å². The Kier molecular flexibility index (Phi) is 3.34. The minimum Gasteiger partial charge on any atom is -0.506 e. The number of aromatic nitrogens is 2. The van der Waals surface area contributed by atoms with Gasteiger partial charge in [0.25, 0.3) is 5.89 Å². The molecule has 21 heavy (non-hydrogen) atoms. The number of nitrogens with zero attached hydrogens (tertiary/aromatic N) is 2. The number of hydrogen-bond acceptors (Lipinski definition) is 5. The fourth-order valence-electron chi connectivity index (χ4n) is 1.81. The van der Waals surface area contributed by atoms with Gasteiger partial charge in [0.05, 0.1) is 5.69 Å². The Balaban J connectivity index is 2.03. The molecule has 3 aromatic rings. The zero-order valence-corrected chi connectivity index (χ0v) is 12.1. The third-order valence-electron chi connectivity index (χ3n) is 2.87. The van der Waals surface area contributed by atoms with Gasteiger partial charge in [-0.15, -0.1) is 0 Å². The Labute approximate surface area is 127 Å². The van der Waals surface area contributed by atoms with E-state index in [1.165, 1.54) is 24.3 Å². The van der Waals surface area contributed by atoms with E-state index in [-0.39, 0.29) is 23.2 Å². The maximum Gasteiger partial charge on any atom is 0.258 e. The lowest BCUT2D eigenvalue weighted by atomic mass is 10.2. The molecule has 0 saturated heterocycles. The SMILES string of the molecule is Nc1cc(-c2nc(-c3cc(F)ccc3Br)no2)ccc1O. The molecule has 0 saturated carbocycles. The van der Waals surface area contributed by atoms with Crippen molar-refractivity contribution in [3.8, 4) is 28.6 Å². The van der Waals surface area contributed by atoms with Crippen molar-refractivity contribution in [2.45, 2.75) is 0 Å². The van der Waals surface area contributed by atoms with E-state index < -0.39 is 5.82 Å². The highest BCUT2D eigenvalue weighted by Crippen LogP contribution is 2.30. The first-order valence-corrected chi connectivity index (χ1v) is 6.72. The fourth-order valence-corrected chi connectivity index (χ4v) is 2.23. The molecule has 106 valence electrons. The number of aromatic hydroxyl groups is 1. The summed E-state index contributed by atoms with van der Waals surface area (Å²) in [6.45, 7) is 0. The van der Waals surface area contributed by atoms with Crippen LogP contribution in [0.4, 0.5) is 10.1 Å². The van der Waals surface area contributed by atoms with Gasteiger partial charge in [-0.2, -0.15) is 4.98 Å². The predicted molar refractivity (Wildman–Crippen MR) is 78.9 cm³/mol. The quantitative estimate of drug-likeness (QED) is 0.545. The Morgan fingerprint density at radius 2 is 2.00 bits per heavy atom. The van der Waals surface area contributed by atoms with Crippen LogP contribution in [0, 0.1) is 5.82 Å². The zero-order chi connectivity index (χ0) is 15.0. The number of rotatable bonds is 2. The molecule has 5 nitrogen and oxygen atoms in total. The van der Waals surface area contributed by atoms with Gasteiger partial charge < -0.3 is 15.4 Å². The molecule has 0 bridgehead atoms. The molecular formula is C14H9BrFN3O2. The highest BCUT2D eigenvalue weighted by molar-refractivity contribution is 9.10. The van der Waals surface area contributed by atoms with Gasteiger partial charge in [0.1, 0.15) is 11.6 Å². The molecule has 0 unspecified atom stereocenters. The average molecular weight is 350 g/mol. The van der Waals surface area contributed by atoms with E-state index in [9.17, 15) is 9.50 Å². The number of nitrogens with two attached hydrogens (primary N) is 1. The summed E-state index contributed by atoms with van der Waals surface area (Å²) in [6, 6.07) is 8.77. The van der Waals surface area contributed by atoms with Crippen molar-refractivity contribution < 1.29 is 14.0 Å². The van der Waals surface area contributed by atoms with Crippen molar-refractivity contribution in [1.29, 1.82) is 0 Å². The minimum atomic E-state index is -0.395. The summed E-state index contributed by atoms with van der Waals surface area (Å²) in [5.41, 5.74) is 6.88. The highest BCUT2D eigenvalue weighted by atomic mass is 79.9. The molecule has 0 radical (unpaired) electrons. The van der Waals surface area contributed by atoms with Crippen LogP contribution in [-0.2, 0) is 0 Å². The van der Waals surface area contributed by atoms with Crippen LogP contribution in [0.15, 0.2) is 45.4 Å². The molecule has 0 spiro atoms. The second-order valence-corrected chi connectivity index (χ2v) is 5.18. The van der Waals surface area contributed by atoms with Crippen molar-refractivity contribution in [3.05, 3.63) is 46.7 Å². The summed E-state index contributed by atoms with van der Waals surface area (Å²) in [7, 11) is 0. The summed E-state index contributed by atoms with van der Waals surface area (Å²) in [4.78, 5) is 4.21. The van der Waals surface area contributed by atoms with E-state index in [0.717, 1.165) is 0 Å². The van der Waals surface area contributed by atoms with Crippen LogP contribution in [0.2, 0.25) is 0 Å². The lowest BCUT2D eigenvalue weighted by Gasteiger charge is -2.00. The number of nitrogen functional groups attached to an aromatic ring is 1. The van der Waals surface area contributed by atoms with E-state index in [4.69, 9.17) is 10.3 Å². The number of phenolic OH excluding ortho intramolecular Hbond substituents is 1. The highest BCUT2D eigenvalue weighted by Gasteiger charge is 2.14. The van der Waals surface area contributed by atoms with Crippen molar-refractivity contribution in [1.82, 2.24) is 10.1 Å². The van der Waals surface area contributed by atoms with Crippen LogP contribution in [0.3, 0.4) is 0 Å². The Morgan fingerprint density at radius 1 is 1.19 bits per heavy atom. The van der Waals surface area contributed by atoms with E-state index >= 15 is 0 Å². The van der Waals surface area contributed by atoms with E-state index in [1.807, 2.05) is 0 Å². The monoisotopic (exact) mass is 349 g/mol. The van der Waals surface area contributed by atoms with Gasteiger partial charge in [0.15, 0.2) is 0 Å². The number of benzene rings is 2. The molecule has 3 N–H and O–H groups in total. The third-order valence-corrected chi connectivity index (χ3v) is 3.56. The smallest absolute Gasteiger partial charge is 0.258 e. The van der Waals surface area contributed by atoms with Crippen molar-refractivity contribution in [3.63, 3.8) is 0 Å². The molecule has 0 amide bonds. The van der Waals surface area contributed by atoms with Crippen LogP contribution in [0.5, 0.6) is 5.75 Å². The summed E-state index contributed by atoms with van der Waals surface area (Å²) in [6.07, 6.45) is 0. The van der Waals surface area contributed by atoms with Gasteiger partial charge in [0, 0.05) is 15.6 Å². The summed E-state index contributed by atoms with van der Waals surface area (Å²) in [5, 5.41) is 13.2. The summed E-state index contributed by atoms with van der Waals surface area (Å²) in [5.74, 6) is 0.0654. The first-order chi connectivity index (χ1) is 10.0. The maximum absolute atomic E-state index is 13.3. The molecular weight excluding hydrogens is 341 g/mol. The van der Waals surface area contributed by atoms with E-state index in [0.29, 0.717) is 15.6 Å². The van der Waals surface area contributed by atoms with Crippen LogP contribution in [0.1, 0.15) is 0 Å². The maximum atomic E-state index is 13.3. The van der Waals surface area contributed by atoms with Gasteiger partial charge >= 0.3 is 0 Å². The average Bonchev–Trinajstić information content (AvgIpc) is 2.94. The van der Waals surface area contributed by atoms with Crippen LogP contribution in [-0.4, -0.2) is 15.2 Å². The Morgan fingerprint density at radius 3 is 2.76 bits per heavy atom. The van der Waals surface area contributed by atoms with Crippen molar-refractivity contribution in [2.24, 2.45) is 0 Å². The van der Waals surface area contributed by atoms with E-state index in [2.05, 4.69) is 26.1 Å². The number of halogens is 2. The second-order valence-electron chi connectivity index (χ2n) is 4.32. The minimum absolute atomic E-state index is 0.0219. The molecule has 1 heterocycles. The lowest BCUT2D eigenvalue weighted by Crippen LogP contribution is -1.87. The predicted octanol–water partition coefficient (Wildman–Crippen LogP) is 3.59. The van der Waals surface area contributed by atoms with Gasteiger partial charge in [0.2, 0.25) is 5.82 Å². The molecule has 1 aromatic heterocycles. The van der Waals surface area contributed by atoms with Gasteiger partial charge in [-0.25, -0.2) is 4.39 Å². The molecule has 0 atom stereocenters. The molecule has 2 aromatic carbocycles. The van der Waals surface area contributed by atoms with Gasteiger partial charge in [-0.05, 0) is 36.4 Å². The topological polar surface area (TPSA) is 85.2 Å². The summed E-state index contributed by atoms with van der Waals surface area (Å²) < 4.78 is 19.1. The Hall–Kier alpha value is -2.41. The molecule has 0 aliphatic rings. The van der Waals surface area contributed by atoms with Crippen LogP contribution < -0.4 is 5.73 Å². The first kappa shape index (κ1) is 13.6. The zero-order valence-electron chi connectivity index (χ0n) is 10.5. The van der Waals surface area contributed by atoms with Crippen LogP contribution in [0.25, 0.3) is 22.8 Å². The summed E-state index contributed by atoms with van der Waals surface area (Å²) >= 11 is 3.31. The number of anilines is 1. The molecule has 0 aliphatic heterocycles. The van der Waals surface area contributed by atoms with Crippen molar-refractivity contribution in [2.75, 3.05) is 5.73 Å². The molecule has 0 aliphatic carbocycles. The second kappa shape index (κ2) is 5.17. The molecule has 0 fully saturated rings.